The Kier molecular flexibility index (Phi) is 4.57. The van der Waals surface area contributed by atoms with E-state index in [1.54, 1.807) is 0 Å². The maximum absolute atomic E-state index is 13.1. The van der Waals surface area contributed by atoms with Crippen LogP contribution in [0.4, 0.5) is 0 Å². The SMILES string of the molecule is Cc1nn(C(C)(C)C)c2nc(C3CC3)cc(C(=O)NCC3CC=CCC3)c12. The number of aromatic nitrogens is 3. The van der Waals surface area contributed by atoms with E-state index in [0.717, 1.165) is 66.6 Å². The van der Waals surface area contributed by atoms with Gasteiger partial charge in [-0.15, -0.1) is 0 Å². The Labute approximate surface area is 161 Å². The summed E-state index contributed by atoms with van der Waals surface area (Å²) in [5.41, 5.74) is 3.32. The lowest BCUT2D eigenvalue weighted by Crippen LogP contribution is -2.30. The zero-order chi connectivity index (χ0) is 19.2. The molecule has 5 heteroatoms. The summed E-state index contributed by atoms with van der Waals surface area (Å²) in [4.78, 5) is 18.0. The van der Waals surface area contributed by atoms with Crippen molar-refractivity contribution in [3.63, 3.8) is 0 Å². The molecule has 0 saturated heterocycles. The molecule has 144 valence electrons. The molecule has 0 aromatic carbocycles. The average molecular weight is 367 g/mol. The molecule has 1 atom stereocenters. The number of rotatable bonds is 4. The lowest BCUT2D eigenvalue weighted by Gasteiger charge is -2.20. The van der Waals surface area contributed by atoms with Crippen molar-refractivity contribution < 1.29 is 4.79 Å². The predicted octanol–water partition coefficient (Wildman–Crippen LogP) is 4.46. The Morgan fingerprint density at radius 2 is 2.04 bits per heavy atom. The molecule has 1 fully saturated rings. The number of hydrogen-bond donors (Lipinski definition) is 1. The first-order valence-electron chi connectivity index (χ1n) is 10.2. The molecular weight excluding hydrogens is 336 g/mol. The second-order valence-electron chi connectivity index (χ2n) is 9.10. The lowest BCUT2D eigenvalue weighted by atomic mass is 9.94. The van der Waals surface area contributed by atoms with Crippen molar-refractivity contribution in [3.8, 4) is 0 Å². The van der Waals surface area contributed by atoms with Gasteiger partial charge < -0.3 is 5.32 Å². The molecule has 2 aliphatic carbocycles. The van der Waals surface area contributed by atoms with Crippen molar-refractivity contribution in [2.45, 2.75) is 71.3 Å². The molecule has 0 radical (unpaired) electrons. The summed E-state index contributed by atoms with van der Waals surface area (Å²) in [7, 11) is 0. The maximum Gasteiger partial charge on any atom is 0.252 e. The average Bonchev–Trinajstić information content (AvgIpc) is 3.43. The molecule has 4 rings (SSSR count). The molecule has 5 nitrogen and oxygen atoms in total. The molecule has 1 N–H and O–H groups in total. The number of nitrogens with zero attached hydrogens (tertiary/aromatic N) is 3. The third-order valence-electron chi connectivity index (χ3n) is 5.64. The number of allylic oxidation sites excluding steroid dienone is 2. The first-order chi connectivity index (χ1) is 12.8. The molecule has 0 spiro atoms. The Balaban J connectivity index is 1.71. The number of amides is 1. The number of aryl methyl sites for hydroxylation is 1. The number of carbonyl (C=O) groups excluding carboxylic acids is 1. The number of hydrogen-bond acceptors (Lipinski definition) is 3. The summed E-state index contributed by atoms with van der Waals surface area (Å²) in [6.07, 6.45) is 10.1. The monoisotopic (exact) mass is 366 g/mol. The Morgan fingerprint density at radius 1 is 1.26 bits per heavy atom. The summed E-state index contributed by atoms with van der Waals surface area (Å²) >= 11 is 0. The van der Waals surface area contributed by atoms with Crippen LogP contribution in [0, 0.1) is 12.8 Å². The third kappa shape index (κ3) is 3.64. The van der Waals surface area contributed by atoms with Crippen molar-refractivity contribution >= 4 is 16.9 Å². The zero-order valence-electron chi connectivity index (χ0n) is 16.9. The van der Waals surface area contributed by atoms with Crippen LogP contribution in [-0.4, -0.2) is 27.2 Å². The normalized spacial score (nSPS) is 20.2. The van der Waals surface area contributed by atoms with Crippen LogP contribution in [0.15, 0.2) is 18.2 Å². The van der Waals surface area contributed by atoms with Gasteiger partial charge in [0.2, 0.25) is 0 Å². The van der Waals surface area contributed by atoms with Crippen LogP contribution in [-0.2, 0) is 5.54 Å². The van der Waals surface area contributed by atoms with Crippen LogP contribution in [0.5, 0.6) is 0 Å². The fraction of sp³-hybridized carbons (Fsp3) is 0.591. The van der Waals surface area contributed by atoms with E-state index in [1.165, 1.54) is 0 Å². The molecular formula is C22H30N4O. The summed E-state index contributed by atoms with van der Waals surface area (Å²) < 4.78 is 1.98. The molecule has 27 heavy (non-hydrogen) atoms. The molecule has 2 aromatic rings. The van der Waals surface area contributed by atoms with Gasteiger partial charge in [0.05, 0.1) is 22.2 Å². The van der Waals surface area contributed by atoms with Gasteiger partial charge in [0, 0.05) is 18.2 Å². The van der Waals surface area contributed by atoms with E-state index >= 15 is 0 Å². The van der Waals surface area contributed by atoms with Gasteiger partial charge in [-0.2, -0.15) is 5.10 Å². The third-order valence-corrected chi connectivity index (χ3v) is 5.64. The highest BCUT2D eigenvalue weighted by Crippen LogP contribution is 2.41. The van der Waals surface area contributed by atoms with E-state index in [0.29, 0.717) is 11.8 Å². The van der Waals surface area contributed by atoms with Gasteiger partial charge in [0.15, 0.2) is 5.65 Å². The number of carbonyl (C=O) groups is 1. The van der Waals surface area contributed by atoms with Crippen molar-refractivity contribution in [2.24, 2.45) is 5.92 Å². The summed E-state index contributed by atoms with van der Waals surface area (Å²) in [5, 5.41) is 8.82. The van der Waals surface area contributed by atoms with Gasteiger partial charge in [-0.25, -0.2) is 9.67 Å². The lowest BCUT2D eigenvalue weighted by molar-refractivity contribution is 0.0947. The second-order valence-corrected chi connectivity index (χ2v) is 9.10. The van der Waals surface area contributed by atoms with E-state index in [1.807, 2.05) is 17.7 Å². The molecule has 1 saturated carbocycles. The summed E-state index contributed by atoms with van der Waals surface area (Å²) in [6, 6.07) is 2.01. The van der Waals surface area contributed by atoms with E-state index < -0.39 is 0 Å². The highest BCUT2D eigenvalue weighted by atomic mass is 16.1. The van der Waals surface area contributed by atoms with Gasteiger partial charge in [0.1, 0.15) is 0 Å². The van der Waals surface area contributed by atoms with Gasteiger partial charge in [-0.3, -0.25) is 4.79 Å². The van der Waals surface area contributed by atoms with Gasteiger partial charge in [-0.05, 0) is 71.8 Å². The van der Waals surface area contributed by atoms with Crippen LogP contribution in [0.3, 0.4) is 0 Å². The van der Waals surface area contributed by atoms with Crippen molar-refractivity contribution in [1.82, 2.24) is 20.1 Å². The minimum Gasteiger partial charge on any atom is -0.352 e. The maximum atomic E-state index is 13.1. The largest absolute Gasteiger partial charge is 0.352 e. The van der Waals surface area contributed by atoms with Crippen molar-refractivity contribution in [2.75, 3.05) is 6.54 Å². The van der Waals surface area contributed by atoms with Gasteiger partial charge in [0.25, 0.3) is 5.91 Å². The standard InChI is InChI=1S/C22H30N4O/c1-14-19-17(21(27)23-13-15-8-6-5-7-9-15)12-18(16-10-11-16)24-20(19)26(25-14)22(2,3)4/h5-6,12,15-16H,7-11,13H2,1-4H3,(H,23,27). The molecule has 1 unspecified atom stereocenters. The number of pyridine rings is 1. The van der Waals surface area contributed by atoms with E-state index in [4.69, 9.17) is 10.1 Å². The van der Waals surface area contributed by atoms with Crippen LogP contribution >= 0.6 is 0 Å². The zero-order valence-corrected chi connectivity index (χ0v) is 16.9. The smallest absolute Gasteiger partial charge is 0.252 e. The van der Waals surface area contributed by atoms with Crippen molar-refractivity contribution in [3.05, 3.63) is 35.2 Å². The minimum absolute atomic E-state index is 0.00964. The topological polar surface area (TPSA) is 59.8 Å². The van der Waals surface area contributed by atoms with E-state index in [9.17, 15) is 4.79 Å². The van der Waals surface area contributed by atoms with Crippen LogP contribution in [0.1, 0.15) is 80.5 Å². The predicted molar refractivity (Wildman–Crippen MR) is 108 cm³/mol. The highest BCUT2D eigenvalue weighted by molar-refractivity contribution is 6.06. The summed E-state index contributed by atoms with van der Waals surface area (Å²) in [5.74, 6) is 1.04. The molecule has 2 aromatic heterocycles. The first-order valence-corrected chi connectivity index (χ1v) is 10.2. The number of fused-ring (bicyclic) bond motifs is 1. The van der Waals surface area contributed by atoms with E-state index in [2.05, 4.69) is 38.2 Å². The second kappa shape index (κ2) is 6.77. The molecule has 0 aliphatic heterocycles. The molecule has 2 aliphatic rings. The minimum atomic E-state index is -0.177. The van der Waals surface area contributed by atoms with Crippen molar-refractivity contribution in [1.29, 1.82) is 0 Å². The first kappa shape index (κ1) is 18.2. The Morgan fingerprint density at radius 3 is 2.67 bits per heavy atom. The van der Waals surface area contributed by atoms with Crippen LogP contribution in [0.25, 0.3) is 11.0 Å². The van der Waals surface area contributed by atoms with Gasteiger partial charge in [-0.1, -0.05) is 12.2 Å². The fourth-order valence-corrected chi connectivity index (χ4v) is 3.92. The Hall–Kier alpha value is -2.17. The highest BCUT2D eigenvalue weighted by Gasteiger charge is 2.30. The molecule has 1 amide bonds. The van der Waals surface area contributed by atoms with Crippen LogP contribution < -0.4 is 5.32 Å². The molecule has 2 heterocycles. The number of nitrogens with one attached hydrogen (secondary N) is 1. The molecule has 0 bridgehead atoms. The van der Waals surface area contributed by atoms with Gasteiger partial charge >= 0.3 is 0 Å². The Bertz CT molecular complexity index is 899. The van der Waals surface area contributed by atoms with E-state index in [-0.39, 0.29) is 11.4 Å². The van der Waals surface area contributed by atoms with Crippen LogP contribution in [0.2, 0.25) is 0 Å². The summed E-state index contributed by atoms with van der Waals surface area (Å²) in [6.45, 7) is 9.09. The quantitative estimate of drug-likeness (QED) is 0.813. The fourth-order valence-electron chi connectivity index (χ4n) is 3.92.